The summed E-state index contributed by atoms with van der Waals surface area (Å²) in [7, 11) is 0. The molecule has 22 heavy (non-hydrogen) atoms. The predicted molar refractivity (Wildman–Crippen MR) is 87.5 cm³/mol. The second kappa shape index (κ2) is 7.40. The van der Waals surface area contributed by atoms with Gasteiger partial charge in [0.05, 0.1) is 5.92 Å². The van der Waals surface area contributed by atoms with E-state index < -0.39 is 0 Å². The molecule has 2 unspecified atom stereocenters. The molecule has 0 aromatic heterocycles. The Balaban J connectivity index is 2.03. The molecule has 2 atom stereocenters. The average molecular weight is 303 g/mol. The van der Waals surface area contributed by atoms with Gasteiger partial charge in [0.2, 0.25) is 11.8 Å². The van der Waals surface area contributed by atoms with Crippen molar-refractivity contribution < 1.29 is 9.59 Å². The molecule has 1 saturated heterocycles. The van der Waals surface area contributed by atoms with E-state index in [9.17, 15) is 9.59 Å². The van der Waals surface area contributed by atoms with E-state index in [0.29, 0.717) is 19.6 Å². The van der Waals surface area contributed by atoms with Gasteiger partial charge in [-0.25, -0.2) is 0 Å². The van der Waals surface area contributed by atoms with Gasteiger partial charge in [-0.15, -0.1) is 0 Å². The van der Waals surface area contributed by atoms with Crippen molar-refractivity contribution in [1.29, 1.82) is 0 Å². The number of para-hydroxylation sites is 1. The zero-order valence-corrected chi connectivity index (χ0v) is 13.3. The van der Waals surface area contributed by atoms with Crippen LogP contribution in [0.25, 0.3) is 0 Å². The minimum atomic E-state index is -0.276. The van der Waals surface area contributed by atoms with Crippen LogP contribution < -0.4 is 16.0 Å². The fourth-order valence-electron chi connectivity index (χ4n) is 2.69. The van der Waals surface area contributed by atoms with Gasteiger partial charge < -0.3 is 16.0 Å². The third-order valence-electron chi connectivity index (χ3n) is 4.19. The molecule has 1 heterocycles. The van der Waals surface area contributed by atoms with Crippen LogP contribution in [0.4, 0.5) is 5.69 Å². The normalized spacial score (nSPS) is 19.3. The number of aryl methyl sites for hydroxylation is 1. The Labute approximate surface area is 131 Å². The lowest BCUT2D eigenvalue weighted by molar-refractivity contribution is -0.126. The molecule has 1 fully saturated rings. The van der Waals surface area contributed by atoms with E-state index in [1.54, 1.807) is 4.90 Å². The second-order valence-corrected chi connectivity index (χ2v) is 5.97. The molecule has 1 aliphatic heterocycles. The van der Waals surface area contributed by atoms with E-state index in [4.69, 9.17) is 5.73 Å². The number of carbonyl (C=O) groups is 2. The summed E-state index contributed by atoms with van der Waals surface area (Å²) in [6.45, 7) is 5.62. The van der Waals surface area contributed by atoms with Crippen molar-refractivity contribution in [3.63, 3.8) is 0 Å². The van der Waals surface area contributed by atoms with Crippen molar-refractivity contribution in [1.82, 2.24) is 5.32 Å². The van der Waals surface area contributed by atoms with E-state index in [-0.39, 0.29) is 30.1 Å². The van der Waals surface area contributed by atoms with Gasteiger partial charge in [-0.05, 0) is 30.5 Å². The Morgan fingerprint density at radius 3 is 2.86 bits per heavy atom. The summed E-state index contributed by atoms with van der Waals surface area (Å²) in [4.78, 5) is 26.2. The number of nitrogens with zero attached hydrogens (tertiary/aromatic N) is 1. The summed E-state index contributed by atoms with van der Waals surface area (Å²) in [6.07, 6.45) is 1.14. The van der Waals surface area contributed by atoms with E-state index in [1.807, 2.05) is 31.2 Å². The number of benzene rings is 1. The minimum Gasteiger partial charge on any atom is -0.355 e. The first kappa shape index (κ1) is 16.5. The lowest BCUT2D eigenvalue weighted by atomic mass is 10.1. The standard InChI is InChI=1S/C17H25N3O2/c1-3-13-6-4-5-7-15(13)20-11-14(8-16(20)21)17(22)19-10-12(2)9-18/h4-7,12,14H,3,8-11,18H2,1-2H3,(H,19,22). The number of nitrogens with two attached hydrogens (primary N) is 1. The predicted octanol–water partition coefficient (Wildman–Crippen LogP) is 1.31. The van der Waals surface area contributed by atoms with Gasteiger partial charge >= 0.3 is 0 Å². The smallest absolute Gasteiger partial charge is 0.227 e. The molecule has 120 valence electrons. The summed E-state index contributed by atoms with van der Waals surface area (Å²) < 4.78 is 0. The van der Waals surface area contributed by atoms with Crippen molar-refractivity contribution >= 4 is 17.5 Å². The van der Waals surface area contributed by atoms with Crippen molar-refractivity contribution in [3.05, 3.63) is 29.8 Å². The lowest BCUT2D eigenvalue weighted by Crippen LogP contribution is -2.36. The van der Waals surface area contributed by atoms with Crippen molar-refractivity contribution in [2.75, 3.05) is 24.5 Å². The Morgan fingerprint density at radius 1 is 1.45 bits per heavy atom. The van der Waals surface area contributed by atoms with Crippen LogP contribution in [-0.4, -0.2) is 31.4 Å². The van der Waals surface area contributed by atoms with Crippen LogP contribution in [0.15, 0.2) is 24.3 Å². The number of carbonyl (C=O) groups excluding carboxylic acids is 2. The van der Waals surface area contributed by atoms with Gasteiger partial charge in [-0.3, -0.25) is 9.59 Å². The van der Waals surface area contributed by atoms with Gasteiger partial charge in [-0.2, -0.15) is 0 Å². The zero-order chi connectivity index (χ0) is 16.1. The number of anilines is 1. The van der Waals surface area contributed by atoms with Gasteiger partial charge in [0.25, 0.3) is 0 Å². The van der Waals surface area contributed by atoms with E-state index in [2.05, 4.69) is 12.2 Å². The maximum Gasteiger partial charge on any atom is 0.227 e. The molecule has 0 aliphatic carbocycles. The molecule has 1 aromatic rings. The second-order valence-electron chi connectivity index (χ2n) is 5.97. The third kappa shape index (κ3) is 3.65. The molecule has 0 saturated carbocycles. The Bertz CT molecular complexity index is 544. The highest BCUT2D eigenvalue weighted by Gasteiger charge is 2.35. The molecule has 0 radical (unpaired) electrons. The number of nitrogens with one attached hydrogen (secondary N) is 1. The van der Waals surface area contributed by atoms with Crippen molar-refractivity contribution in [2.24, 2.45) is 17.6 Å². The van der Waals surface area contributed by atoms with Crippen LogP contribution in [-0.2, 0) is 16.0 Å². The summed E-state index contributed by atoms with van der Waals surface area (Å²) in [5, 5.41) is 2.90. The number of rotatable bonds is 6. The van der Waals surface area contributed by atoms with Crippen molar-refractivity contribution in [2.45, 2.75) is 26.7 Å². The Morgan fingerprint density at radius 2 is 2.18 bits per heavy atom. The van der Waals surface area contributed by atoms with E-state index >= 15 is 0 Å². The summed E-state index contributed by atoms with van der Waals surface area (Å²) >= 11 is 0. The van der Waals surface area contributed by atoms with Gasteiger partial charge in [-0.1, -0.05) is 32.0 Å². The van der Waals surface area contributed by atoms with Crippen LogP contribution in [0.3, 0.4) is 0 Å². The number of amides is 2. The Hall–Kier alpha value is -1.88. The lowest BCUT2D eigenvalue weighted by Gasteiger charge is -2.20. The minimum absolute atomic E-state index is 0.0212. The van der Waals surface area contributed by atoms with E-state index in [0.717, 1.165) is 17.7 Å². The summed E-state index contributed by atoms with van der Waals surface area (Å²) in [5.41, 5.74) is 7.61. The highest BCUT2D eigenvalue weighted by atomic mass is 16.2. The molecule has 0 bridgehead atoms. The highest BCUT2D eigenvalue weighted by molar-refractivity contribution is 6.00. The topological polar surface area (TPSA) is 75.4 Å². The van der Waals surface area contributed by atoms with Gasteiger partial charge in [0.15, 0.2) is 0 Å². The summed E-state index contributed by atoms with van der Waals surface area (Å²) in [5.74, 6) is -0.0570. The molecule has 0 spiro atoms. The molecule has 5 heteroatoms. The number of hydrogen-bond acceptors (Lipinski definition) is 3. The van der Waals surface area contributed by atoms with Crippen LogP contribution in [0.1, 0.15) is 25.8 Å². The fourth-order valence-corrected chi connectivity index (χ4v) is 2.69. The molecule has 2 rings (SSSR count). The zero-order valence-electron chi connectivity index (χ0n) is 13.3. The van der Waals surface area contributed by atoms with Crippen LogP contribution in [0.5, 0.6) is 0 Å². The van der Waals surface area contributed by atoms with Gasteiger partial charge in [0.1, 0.15) is 0 Å². The van der Waals surface area contributed by atoms with Crippen LogP contribution in [0.2, 0.25) is 0 Å². The van der Waals surface area contributed by atoms with Crippen LogP contribution in [0, 0.1) is 11.8 Å². The van der Waals surface area contributed by atoms with Crippen molar-refractivity contribution in [3.8, 4) is 0 Å². The van der Waals surface area contributed by atoms with E-state index in [1.165, 1.54) is 0 Å². The monoisotopic (exact) mass is 303 g/mol. The largest absolute Gasteiger partial charge is 0.355 e. The summed E-state index contributed by atoms with van der Waals surface area (Å²) in [6, 6.07) is 7.88. The molecular weight excluding hydrogens is 278 g/mol. The highest BCUT2D eigenvalue weighted by Crippen LogP contribution is 2.28. The Kier molecular flexibility index (Phi) is 5.55. The maximum atomic E-state index is 12.3. The third-order valence-corrected chi connectivity index (χ3v) is 4.19. The first-order valence-electron chi connectivity index (χ1n) is 7.92. The first-order valence-corrected chi connectivity index (χ1v) is 7.92. The fraction of sp³-hybridized carbons (Fsp3) is 0.529. The molecule has 1 aliphatic rings. The molecule has 2 amide bonds. The maximum absolute atomic E-state index is 12.3. The molecule has 3 N–H and O–H groups in total. The first-order chi connectivity index (χ1) is 10.6. The molecular formula is C17H25N3O2. The molecule has 1 aromatic carbocycles. The average Bonchev–Trinajstić information content (AvgIpc) is 2.93. The van der Waals surface area contributed by atoms with Gasteiger partial charge in [0, 0.05) is 25.2 Å². The molecule has 5 nitrogen and oxygen atoms in total. The van der Waals surface area contributed by atoms with Crippen LogP contribution >= 0.6 is 0 Å². The number of hydrogen-bond donors (Lipinski definition) is 2. The SMILES string of the molecule is CCc1ccccc1N1CC(C(=O)NCC(C)CN)CC1=O. The quantitative estimate of drug-likeness (QED) is 0.832.